The van der Waals surface area contributed by atoms with E-state index in [4.69, 9.17) is 4.98 Å². The van der Waals surface area contributed by atoms with E-state index in [-0.39, 0.29) is 5.91 Å². The number of carbonyl (C=O) groups excluding carboxylic acids is 1. The third kappa shape index (κ3) is 3.93. The van der Waals surface area contributed by atoms with Gasteiger partial charge in [0.25, 0.3) is 5.91 Å². The number of aryl methyl sites for hydroxylation is 1. The minimum absolute atomic E-state index is 0.0185. The van der Waals surface area contributed by atoms with Gasteiger partial charge in [0.2, 0.25) is 0 Å². The zero-order valence-corrected chi connectivity index (χ0v) is 16.5. The summed E-state index contributed by atoms with van der Waals surface area (Å²) in [7, 11) is 0. The maximum atomic E-state index is 12.8. The molecule has 0 saturated heterocycles. The largest absolute Gasteiger partial charge is 0.349 e. The predicted octanol–water partition coefficient (Wildman–Crippen LogP) is 4.96. The highest BCUT2D eigenvalue weighted by atomic mass is 16.1. The number of nitrogens with zero attached hydrogens (tertiary/aromatic N) is 3. The number of hydrogen-bond donors (Lipinski definition) is 1. The number of aromatic nitrogens is 3. The molecule has 2 heterocycles. The quantitative estimate of drug-likeness (QED) is 0.640. The van der Waals surface area contributed by atoms with Crippen molar-refractivity contribution in [2.75, 3.05) is 0 Å². The van der Waals surface area contributed by atoms with Gasteiger partial charge in [0.1, 0.15) is 11.3 Å². The Morgan fingerprint density at radius 1 is 1.14 bits per heavy atom. The monoisotopic (exact) mass is 376 g/mol. The maximum absolute atomic E-state index is 12.8. The maximum Gasteiger partial charge on any atom is 0.251 e. The van der Waals surface area contributed by atoms with E-state index in [2.05, 4.69) is 21.8 Å². The van der Waals surface area contributed by atoms with Crippen LogP contribution in [0.5, 0.6) is 0 Å². The number of rotatable bonds is 5. The molecule has 0 spiro atoms. The first kappa shape index (κ1) is 18.7. The number of pyridine rings is 1. The Morgan fingerprint density at radius 2 is 1.96 bits per heavy atom. The van der Waals surface area contributed by atoms with Crippen LogP contribution < -0.4 is 5.32 Å². The molecule has 0 unspecified atom stereocenters. The van der Waals surface area contributed by atoms with Gasteiger partial charge in [0.05, 0.1) is 0 Å². The molecule has 0 atom stereocenters. The topological polar surface area (TPSA) is 59.8 Å². The van der Waals surface area contributed by atoms with Gasteiger partial charge in [-0.25, -0.2) is 9.97 Å². The van der Waals surface area contributed by atoms with E-state index >= 15 is 0 Å². The molecule has 0 aliphatic heterocycles. The lowest BCUT2D eigenvalue weighted by Crippen LogP contribution is -2.34. The highest BCUT2D eigenvalue weighted by Crippen LogP contribution is 2.25. The highest BCUT2D eigenvalue weighted by Gasteiger charge is 2.18. The van der Waals surface area contributed by atoms with E-state index in [1.54, 1.807) is 6.20 Å². The minimum atomic E-state index is 0.0185. The van der Waals surface area contributed by atoms with Gasteiger partial charge in [0.15, 0.2) is 5.65 Å². The second-order valence-electron chi connectivity index (χ2n) is 7.68. The van der Waals surface area contributed by atoms with E-state index in [1.165, 1.54) is 25.7 Å². The van der Waals surface area contributed by atoms with Crippen LogP contribution in [0.15, 0.2) is 42.6 Å². The minimum Gasteiger partial charge on any atom is -0.349 e. The molecule has 1 N–H and O–H groups in total. The molecule has 1 aromatic carbocycles. The van der Waals surface area contributed by atoms with Crippen LogP contribution in [0.3, 0.4) is 0 Å². The van der Waals surface area contributed by atoms with Crippen molar-refractivity contribution in [1.29, 1.82) is 0 Å². The van der Waals surface area contributed by atoms with Gasteiger partial charge < -0.3 is 9.88 Å². The van der Waals surface area contributed by atoms with Crippen molar-refractivity contribution < 1.29 is 4.79 Å². The number of fused-ring (bicyclic) bond motifs is 1. The van der Waals surface area contributed by atoms with E-state index in [9.17, 15) is 4.79 Å². The SMILES string of the molecule is CCCn1c(-c2cccc(C(=O)NC3CCCCCC3)c2)nc2cccnc21. The zero-order chi connectivity index (χ0) is 19.3. The van der Waals surface area contributed by atoms with Gasteiger partial charge >= 0.3 is 0 Å². The van der Waals surface area contributed by atoms with Crippen molar-refractivity contribution in [3.63, 3.8) is 0 Å². The lowest BCUT2D eigenvalue weighted by Gasteiger charge is -2.16. The van der Waals surface area contributed by atoms with Crippen LogP contribution in [0.25, 0.3) is 22.6 Å². The average Bonchev–Trinajstić information content (AvgIpc) is 2.89. The van der Waals surface area contributed by atoms with Crippen molar-refractivity contribution in [3.8, 4) is 11.4 Å². The molecule has 5 heteroatoms. The van der Waals surface area contributed by atoms with Crippen molar-refractivity contribution in [1.82, 2.24) is 19.9 Å². The Kier molecular flexibility index (Phi) is 5.70. The second-order valence-corrected chi connectivity index (χ2v) is 7.68. The third-order valence-electron chi connectivity index (χ3n) is 5.52. The Hall–Kier alpha value is -2.69. The summed E-state index contributed by atoms with van der Waals surface area (Å²) in [4.78, 5) is 22.2. The number of imidazole rings is 1. The summed E-state index contributed by atoms with van der Waals surface area (Å²) in [5.41, 5.74) is 3.44. The second kappa shape index (κ2) is 8.55. The highest BCUT2D eigenvalue weighted by molar-refractivity contribution is 5.95. The van der Waals surface area contributed by atoms with Crippen LogP contribution in [0.1, 0.15) is 62.2 Å². The molecule has 0 bridgehead atoms. The van der Waals surface area contributed by atoms with Gasteiger partial charge in [-0.3, -0.25) is 4.79 Å². The molecule has 5 nitrogen and oxygen atoms in total. The summed E-state index contributed by atoms with van der Waals surface area (Å²) in [6.45, 7) is 3.00. The number of hydrogen-bond acceptors (Lipinski definition) is 3. The summed E-state index contributed by atoms with van der Waals surface area (Å²) in [5.74, 6) is 0.893. The molecule has 3 aromatic rings. The molecule has 4 rings (SSSR count). The summed E-state index contributed by atoms with van der Waals surface area (Å²) < 4.78 is 2.15. The first-order chi connectivity index (χ1) is 13.8. The molecule has 1 fully saturated rings. The molecule has 1 aliphatic carbocycles. The molecule has 1 amide bonds. The molecule has 0 radical (unpaired) electrons. The van der Waals surface area contributed by atoms with Crippen LogP contribution in [0.2, 0.25) is 0 Å². The third-order valence-corrected chi connectivity index (χ3v) is 5.52. The van der Waals surface area contributed by atoms with Crippen LogP contribution in [0, 0.1) is 0 Å². The van der Waals surface area contributed by atoms with Gasteiger partial charge in [-0.05, 0) is 43.5 Å². The van der Waals surface area contributed by atoms with E-state index < -0.39 is 0 Å². The predicted molar refractivity (Wildman–Crippen MR) is 112 cm³/mol. The van der Waals surface area contributed by atoms with E-state index in [1.807, 2.05) is 36.4 Å². The molecule has 2 aromatic heterocycles. The molecular formula is C23H28N4O. The lowest BCUT2D eigenvalue weighted by atomic mass is 10.1. The first-order valence-electron chi connectivity index (χ1n) is 10.5. The molecule has 1 saturated carbocycles. The fraction of sp³-hybridized carbons (Fsp3) is 0.435. The van der Waals surface area contributed by atoms with Gasteiger partial charge in [-0.2, -0.15) is 0 Å². The summed E-state index contributed by atoms with van der Waals surface area (Å²) in [5, 5.41) is 3.24. The number of benzene rings is 1. The Balaban J connectivity index is 1.62. The molecule has 28 heavy (non-hydrogen) atoms. The lowest BCUT2D eigenvalue weighted by molar-refractivity contribution is 0.0933. The van der Waals surface area contributed by atoms with Crippen LogP contribution in [-0.2, 0) is 6.54 Å². The fourth-order valence-electron chi connectivity index (χ4n) is 4.11. The summed E-state index contributed by atoms with van der Waals surface area (Å²) in [6, 6.07) is 12.0. The fourth-order valence-corrected chi connectivity index (χ4v) is 4.11. The molecular weight excluding hydrogens is 348 g/mol. The smallest absolute Gasteiger partial charge is 0.251 e. The zero-order valence-electron chi connectivity index (χ0n) is 16.5. The van der Waals surface area contributed by atoms with Gasteiger partial charge in [-0.15, -0.1) is 0 Å². The first-order valence-corrected chi connectivity index (χ1v) is 10.5. The van der Waals surface area contributed by atoms with Crippen molar-refractivity contribution >= 4 is 17.1 Å². The van der Waals surface area contributed by atoms with Gasteiger partial charge in [0, 0.05) is 29.9 Å². The number of nitrogens with one attached hydrogen (secondary N) is 1. The van der Waals surface area contributed by atoms with E-state index in [0.29, 0.717) is 11.6 Å². The molecule has 1 aliphatic rings. The van der Waals surface area contributed by atoms with Crippen molar-refractivity contribution in [2.45, 2.75) is 64.5 Å². The van der Waals surface area contributed by atoms with Gasteiger partial charge in [-0.1, -0.05) is 44.7 Å². The number of carbonyl (C=O) groups is 1. The van der Waals surface area contributed by atoms with E-state index in [0.717, 1.165) is 48.4 Å². The Morgan fingerprint density at radius 3 is 2.75 bits per heavy atom. The summed E-state index contributed by atoms with van der Waals surface area (Å²) >= 11 is 0. The molecule has 146 valence electrons. The number of amides is 1. The van der Waals surface area contributed by atoms with Crippen molar-refractivity contribution in [2.24, 2.45) is 0 Å². The van der Waals surface area contributed by atoms with Crippen LogP contribution in [0.4, 0.5) is 0 Å². The van der Waals surface area contributed by atoms with Crippen LogP contribution >= 0.6 is 0 Å². The summed E-state index contributed by atoms with van der Waals surface area (Å²) in [6.07, 6.45) is 9.95. The standard InChI is InChI=1S/C23H28N4O/c1-2-15-27-21(26-20-13-8-14-24-22(20)27)17-9-7-10-18(16-17)23(28)25-19-11-5-3-4-6-12-19/h7-10,13-14,16,19H,2-6,11-12,15H2,1H3,(H,25,28). The van der Waals surface area contributed by atoms with Crippen LogP contribution in [-0.4, -0.2) is 26.5 Å². The normalized spacial score (nSPS) is 15.5. The van der Waals surface area contributed by atoms with Crippen molar-refractivity contribution in [3.05, 3.63) is 48.2 Å². The Bertz CT molecular complexity index is 954. The average molecular weight is 377 g/mol. The Labute approximate surface area is 166 Å².